The van der Waals surface area contributed by atoms with E-state index in [1.807, 2.05) is 0 Å². The molecule has 0 amide bonds. The molecule has 0 aromatic heterocycles. The smallest absolute Gasteiger partial charge is 0.293 e. The van der Waals surface area contributed by atoms with Gasteiger partial charge in [-0.25, -0.2) is 8.42 Å². The first-order valence-corrected chi connectivity index (χ1v) is 10.1. The molecular formula is C19H20F3NO3S. The van der Waals surface area contributed by atoms with E-state index in [4.69, 9.17) is 0 Å². The van der Waals surface area contributed by atoms with Crippen LogP contribution >= 0.6 is 0 Å². The lowest BCUT2D eigenvalue weighted by Crippen LogP contribution is -2.53. The van der Waals surface area contributed by atoms with Crippen molar-refractivity contribution < 1.29 is 26.4 Å². The molecule has 1 aromatic rings. The zero-order valence-electron chi connectivity index (χ0n) is 14.8. The Labute approximate surface area is 156 Å². The molecule has 1 aliphatic heterocycles. The predicted octanol–water partition coefficient (Wildman–Crippen LogP) is 3.62. The van der Waals surface area contributed by atoms with Gasteiger partial charge in [0.25, 0.3) is 0 Å². The van der Waals surface area contributed by atoms with Crippen molar-refractivity contribution in [3.05, 3.63) is 58.5 Å². The van der Waals surface area contributed by atoms with Crippen LogP contribution in [0.1, 0.15) is 25.3 Å². The van der Waals surface area contributed by atoms with Crippen LogP contribution in [0.4, 0.5) is 13.2 Å². The molecule has 1 unspecified atom stereocenters. The highest BCUT2D eigenvalue weighted by Gasteiger charge is 2.66. The molecule has 8 heteroatoms. The summed E-state index contributed by atoms with van der Waals surface area (Å²) in [5, 5.41) is 0. The van der Waals surface area contributed by atoms with Gasteiger partial charge < -0.3 is 0 Å². The van der Waals surface area contributed by atoms with Crippen LogP contribution in [0.15, 0.2) is 53.0 Å². The van der Waals surface area contributed by atoms with E-state index in [1.165, 1.54) is 25.1 Å². The number of ketones is 1. The number of Topliss-reactive ketones (excluding diaryl/α,β-unsaturated/α-hetero) is 1. The maximum atomic E-state index is 14.4. The lowest BCUT2D eigenvalue weighted by atomic mass is 9.72. The molecule has 4 nitrogen and oxygen atoms in total. The van der Waals surface area contributed by atoms with Gasteiger partial charge >= 0.3 is 6.18 Å². The fraction of sp³-hybridized carbons (Fsp3) is 0.421. The van der Waals surface area contributed by atoms with Gasteiger partial charge in [-0.1, -0.05) is 36.4 Å². The van der Waals surface area contributed by atoms with Crippen LogP contribution in [0.3, 0.4) is 0 Å². The first-order chi connectivity index (χ1) is 12.6. The summed E-state index contributed by atoms with van der Waals surface area (Å²) in [6.07, 6.45) is -2.50. The quantitative estimate of drug-likeness (QED) is 0.777. The Morgan fingerprint density at radius 1 is 1.07 bits per heavy atom. The second-order valence-corrected chi connectivity index (χ2v) is 8.79. The second kappa shape index (κ2) is 6.91. The Balaban J connectivity index is 2.22. The van der Waals surface area contributed by atoms with Gasteiger partial charge in [-0.05, 0) is 43.4 Å². The minimum absolute atomic E-state index is 0.108. The highest BCUT2D eigenvalue weighted by atomic mass is 32.2. The molecule has 0 spiro atoms. The van der Waals surface area contributed by atoms with Crippen LogP contribution in [0.25, 0.3) is 0 Å². The topological polar surface area (TPSA) is 54.5 Å². The molecule has 1 heterocycles. The van der Waals surface area contributed by atoms with Crippen LogP contribution in [0.5, 0.6) is 0 Å². The normalized spacial score (nSPS) is 24.7. The molecule has 0 bridgehead atoms. The summed E-state index contributed by atoms with van der Waals surface area (Å²) in [5.41, 5.74) is -2.97. The maximum absolute atomic E-state index is 14.4. The summed E-state index contributed by atoms with van der Waals surface area (Å²) >= 11 is 0. The van der Waals surface area contributed by atoms with Gasteiger partial charge in [-0.15, -0.1) is 0 Å². The Bertz CT molecular complexity index is 898. The average Bonchev–Trinajstić information content (AvgIpc) is 3.14. The molecule has 1 fully saturated rings. The van der Waals surface area contributed by atoms with Crippen LogP contribution in [-0.4, -0.2) is 37.8 Å². The largest absolute Gasteiger partial charge is 0.406 e. The Morgan fingerprint density at radius 2 is 1.67 bits per heavy atom. The number of nitrogens with zero attached hydrogens (tertiary/aromatic N) is 1. The van der Waals surface area contributed by atoms with Gasteiger partial charge in [0.1, 0.15) is 0 Å². The van der Waals surface area contributed by atoms with Gasteiger partial charge in [-0.3, -0.25) is 4.79 Å². The molecule has 3 rings (SSSR count). The molecule has 1 saturated heterocycles. The van der Waals surface area contributed by atoms with Crippen molar-refractivity contribution in [3.63, 3.8) is 0 Å². The van der Waals surface area contributed by atoms with Crippen molar-refractivity contribution in [3.8, 4) is 0 Å². The van der Waals surface area contributed by atoms with E-state index >= 15 is 0 Å². The molecule has 1 aromatic carbocycles. The summed E-state index contributed by atoms with van der Waals surface area (Å²) in [5.74, 6) is -1.21. The molecule has 0 saturated carbocycles. The molecule has 27 heavy (non-hydrogen) atoms. The monoisotopic (exact) mass is 399 g/mol. The summed E-state index contributed by atoms with van der Waals surface area (Å²) in [4.78, 5) is 12.0. The number of alkyl halides is 3. The van der Waals surface area contributed by atoms with Gasteiger partial charge in [0.15, 0.2) is 11.2 Å². The lowest BCUT2D eigenvalue weighted by Gasteiger charge is -2.39. The van der Waals surface area contributed by atoms with Crippen molar-refractivity contribution in [1.82, 2.24) is 4.31 Å². The van der Waals surface area contributed by atoms with Gasteiger partial charge in [-0.2, -0.15) is 17.5 Å². The first kappa shape index (κ1) is 19.8. The third kappa shape index (κ3) is 3.25. The number of halogens is 3. The van der Waals surface area contributed by atoms with Crippen molar-refractivity contribution in [2.75, 3.05) is 13.1 Å². The molecule has 0 N–H and O–H groups in total. The van der Waals surface area contributed by atoms with Gasteiger partial charge in [0, 0.05) is 13.1 Å². The average molecular weight is 399 g/mol. The van der Waals surface area contributed by atoms with Crippen LogP contribution < -0.4 is 0 Å². The van der Waals surface area contributed by atoms with Crippen molar-refractivity contribution in [2.24, 2.45) is 5.41 Å². The molecular weight excluding hydrogens is 379 g/mol. The Hall–Kier alpha value is -1.93. The van der Waals surface area contributed by atoms with E-state index in [9.17, 15) is 26.4 Å². The number of rotatable bonds is 4. The lowest BCUT2D eigenvalue weighted by molar-refractivity contribution is -0.205. The SMILES string of the molecule is CC1=CC=C(S(=O)(=O)N2CCCC2)C(Cc2ccccc2)(C(F)(F)F)C1=O. The summed E-state index contributed by atoms with van der Waals surface area (Å²) < 4.78 is 70.4. The number of allylic oxidation sites excluding steroid dienone is 4. The van der Waals surface area contributed by atoms with E-state index in [-0.39, 0.29) is 24.2 Å². The number of hydrogen-bond donors (Lipinski definition) is 0. The van der Waals surface area contributed by atoms with Gasteiger partial charge in [0.05, 0.1) is 4.91 Å². The first-order valence-electron chi connectivity index (χ1n) is 8.65. The van der Waals surface area contributed by atoms with E-state index in [0.717, 1.165) is 10.4 Å². The zero-order chi connectivity index (χ0) is 19.9. The minimum Gasteiger partial charge on any atom is -0.293 e. The van der Waals surface area contributed by atoms with Crippen molar-refractivity contribution in [2.45, 2.75) is 32.4 Å². The highest BCUT2D eigenvalue weighted by Crippen LogP contribution is 2.52. The van der Waals surface area contributed by atoms with Crippen molar-refractivity contribution in [1.29, 1.82) is 0 Å². The molecule has 1 atom stereocenters. The number of sulfonamides is 1. The molecule has 1 aliphatic carbocycles. The number of hydrogen-bond acceptors (Lipinski definition) is 3. The van der Waals surface area contributed by atoms with Gasteiger partial charge in [0.2, 0.25) is 10.0 Å². The minimum atomic E-state index is -5.06. The predicted molar refractivity (Wildman–Crippen MR) is 95.2 cm³/mol. The summed E-state index contributed by atoms with van der Waals surface area (Å²) in [6, 6.07) is 7.71. The zero-order valence-corrected chi connectivity index (χ0v) is 15.6. The fourth-order valence-corrected chi connectivity index (χ4v) is 5.66. The molecule has 146 valence electrons. The Kier molecular flexibility index (Phi) is 5.07. The Morgan fingerprint density at radius 3 is 2.22 bits per heavy atom. The molecule has 0 radical (unpaired) electrons. The van der Waals surface area contributed by atoms with E-state index in [0.29, 0.717) is 12.8 Å². The standard InChI is InChI=1S/C19H20F3NO3S/c1-14-9-10-16(27(25,26)23-11-5-6-12-23)18(17(14)24,19(20,21)22)13-15-7-3-2-4-8-15/h2-4,7-10H,5-6,11-13H2,1H3. The summed E-state index contributed by atoms with van der Waals surface area (Å²) in [6.45, 7) is 1.61. The van der Waals surface area contributed by atoms with Crippen LogP contribution in [0, 0.1) is 5.41 Å². The number of carbonyl (C=O) groups is 1. The number of benzene rings is 1. The summed E-state index contributed by atoms with van der Waals surface area (Å²) in [7, 11) is -4.42. The van der Waals surface area contributed by atoms with E-state index < -0.39 is 38.7 Å². The highest BCUT2D eigenvalue weighted by molar-refractivity contribution is 7.93. The van der Waals surface area contributed by atoms with Crippen molar-refractivity contribution >= 4 is 15.8 Å². The fourth-order valence-electron chi connectivity index (χ4n) is 3.68. The second-order valence-electron chi connectivity index (χ2n) is 6.89. The van der Waals surface area contributed by atoms with Crippen LogP contribution in [-0.2, 0) is 21.2 Å². The third-order valence-electron chi connectivity index (χ3n) is 5.13. The third-order valence-corrected chi connectivity index (χ3v) is 7.22. The van der Waals surface area contributed by atoms with E-state index in [2.05, 4.69) is 0 Å². The maximum Gasteiger partial charge on any atom is 0.406 e. The van der Waals surface area contributed by atoms with Crippen LogP contribution in [0.2, 0.25) is 0 Å². The molecule has 2 aliphatic rings. The number of carbonyl (C=O) groups excluding carboxylic acids is 1. The van der Waals surface area contributed by atoms with E-state index in [1.54, 1.807) is 18.2 Å².